The number of carbonyl (C=O) groups excluding carboxylic acids is 1. The van der Waals surface area contributed by atoms with Gasteiger partial charge in [0.25, 0.3) is 12.8 Å². The summed E-state index contributed by atoms with van der Waals surface area (Å²) in [5, 5.41) is 6.44. The molecule has 0 amide bonds. The molecule has 2 rings (SSSR count). The lowest BCUT2D eigenvalue weighted by Crippen LogP contribution is -2.33. The van der Waals surface area contributed by atoms with Gasteiger partial charge in [0, 0.05) is 12.0 Å². The van der Waals surface area contributed by atoms with Gasteiger partial charge >= 0.3 is 13.9 Å². The minimum atomic E-state index is -2.83. The summed E-state index contributed by atoms with van der Waals surface area (Å²) < 4.78 is 50.1. The van der Waals surface area contributed by atoms with Crippen LogP contribution in [0.5, 0.6) is 0 Å². The Hall–Kier alpha value is -2.30. The van der Waals surface area contributed by atoms with Crippen molar-refractivity contribution < 1.29 is 27.6 Å². The van der Waals surface area contributed by atoms with E-state index in [-0.39, 0.29) is 24.1 Å². The monoisotopic (exact) mass is 419 g/mol. The lowest BCUT2D eigenvalue weighted by Gasteiger charge is -2.14. The number of nitrogens with one attached hydrogen (secondary N) is 1. The number of anilines is 1. The molecular formula is C15H22F2N6O4P+. The first-order valence-electron chi connectivity index (χ1n) is 8.43. The summed E-state index contributed by atoms with van der Waals surface area (Å²) in [6.07, 6.45) is -2.86. The Labute approximate surface area is 160 Å². The van der Waals surface area contributed by atoms with E-state index in [1.54, 1.807) is 13.8 Å². The van der Waals surface area contributed by atoms with Crippen molar-refractivity contribution in [3.05, 3.63) is 18.1 Å². The molecule has 3 N–H and O–H groups in total. The Morgan fingerprint density at radius 1 is 1.36 bits per heavy atom. The zero-order valence-electron chi connectivity index (χ0n) is 15.6. The third-order valence-corrected chi connectivity index (χ3v) is 4.61. The standard InChI is InChI=1S/C15H22F2N6O4P/c1-8(2)27-14(24)9(3)22-28(25)7-26-11(12(16)17)4-10-5-21-23-13(10)19-6-20-15(23)18/h5-6,8-9,11-12H,4,7H2,1-3H3,(H,22,25)(H2,18,19,20)/q+1/t9-,11?/m0/s1. The van der Waals surface area contributed by atoms with Crippen molar-refractivity contribution >= 4 is 25.5 Å². The maximum absolute atomic E-state index is 13.4. The number of ether oxygens (including phenoxy) is 2. The van der Waals surface area contributed by atoms with E-state index < -0.39 is 38.8 Å². The van der Waals surface area contributed by atoms with E-state index in [1.165, 1.54) is 24.0 Å². The number of esters is 1. The number of aromatic nitrogens is 4. The van der Waals surface area contributed by atoms with Gasteiger partial charge in [-0.05, 0) is 25.3 Å². The van der Waals surface area contributed by atoms with Gasteiger partial charge in [0.1, 0.15) is 18.5 Å². The zero-order valence-corrected chi connectivity index (χ0v) is 16.5. The van der Waals surface area contributed by atoms with Gasteiger partial charge in [-0.3, -0.25) is 4.79 Å². The van der Waals surface area contributed by atoms with Gasteiger partial charge in [-0.1, -0.05) is 5.09 Å². The van der Waals surface area contributed by atoms with Crippen molar-refractivity contribution in [1.82, 2.24) is 24.7 Å². The van der Waals surface area contributed by atoms with Crippen LogP contribution >= 0.6 is 7.95 Å². The Balaban J connectivity index is 1.95. The fourth-order valence-corrected chi connectivity index (χ4v) is 3.20. The molecule has 2 unspecified atom stereocenters. The average molecular weight is 419 g/mol. The van der Waals surface area contributed by atoms with Gasteiger partial charge in [-0.2, -0.15) is 9.61 Å². The minimum absolute atomic E-state index is 0.0697. The number of halogens is 2. The smallest absolute Gasteiger partial charge is 0.461 e. The molecule has 0 aromatic carbocycles. The lowest BCUT2D eigenvalue weighted by atomic mass is 10.1. The van der Waals surface area contributed by atoms with Gasteiger partial charge < -0.3 is 15.2 Å². The average Bonchev–Trinajstić information content (AvgIpc) is 3.02. The summed E-state index contributed by atoms with van der Waals surface area (Å²) in [7, 11) is -2.26. The zero-order chi connectivity index (χ0) is 20.8. The molecule has 3 atom stereocenters. The topological polar surface area (TPSA) is 134 Å². The fourth-order valence-electron chi connectivity index (χ4n) is 2.26. The molecule has 0 aliphatic heterocycles. The van der Waals surface area contributed by atoms with Crippen molar-refractivity contribution in [3.8, 4) is 0 Å². The number of hydrogen-bond donors (Lipinski definition) is 2. The molecule has 0 fully saturated rings. The van der Waals surface area contributed by atoms with Crippen molar-refractivity contribution in [3.63, 3.8) is 0 Å². The molecule has 0 spiro atoms. The lowest BCUT2D eigenvalue weighted by molar-refractivity contribution is -0.148. The molecule has 0 bridgehead atoms. The molecule has 10 nitrogen and oxygen atoms in total. The Morgan fingerprint density at radius 2 is 2.07 bits per heavy atom. The third-order valence-electron chi connectivity index (χ3n) is 3.55. The van der Waals surface area contributed by atoms with Gasteiger partial charge in [0.2, 0.25) is 5.95 Å². The molecule has 2 aromatic heterocycles. The highest BCUT2D eigenvalue weighted by molar-refractivity contribution is 7.42. The largest absolute Gasteiger partial charge is 0.462 e. The van der Waals surface area contributed by atoms with E-state index >= 15 is 0 Å². The highest BCUT2D eigenvalue weighted by atomic mass is 31.1. The first kappa shape index (κ1) is 22.0. The number of nitrogens with zero attached hydrogens (tertiary/aromatic N) is 4. The number of carbonyl (C=O) groups is 1. The second-order valence-electron chi connectivity index (χ2n) is 6.22. The van der Waals surface area contributed by atoms with Crippen LogP contribution in [-0.2, 0) is 25.3 Å². The molecule has 0 saturated heterocycles. The summed E-state index contributed by atoms with van der Waals surface area (Å²) in [5.41, 5.74) is 6.32. The number of nitrogen functional groups attached to an aromatic ring is 1. The summed E-state index contributed by atoms with van der Waals surface area (Å²) in [4.78, 5) is 19.4. The molecular weight excluding hydrogens is 397 g/mol. The summed E-state index contributed by atoms with van der Waals surface area (Å²) in [6.45, 7) is 4.82. The van der Waals surface area contributed by atoms with Crippen LogP contribution in [0.25, 0.3) is 5.65 Å². The minimum Gasteiger partial charge on any atom is -0.462 e. The van der Waals surface area contributed by atoms with Crippen LogP contribution in [-0.4, -0.2) is 56.6 Å². The van der Waals surface area contributed by atoms with Crippen LogP contribution < -0.4 is 10.8 Å². The van der Waals surface area contributed by atoms with Gasteiger partial charge in [-0.15, -0.1) is 0 Å². The summed E-state index contributed by atoms with van der Waals surface area (Å²) in [6, 6.07) is -0.862. The Kier molecular flexibility index (Phi) is 7.67. The molecule has 0 radical (unpaired) electrons. The third kappa shape index (κ3) is 5.85. The van der Waals surface area contributed by atoms with E-state index in [2.05, 4.69) is 20.2 Å². The number of rotatable bonds is 10. The van der Waals surface area contributed by atoms with E-state index in [9.17, 15) is 18.1 Å². The number of fused-ring (bicyclic) bond motifs is 1. The summed E-state index contributed by atoms with van der Waals surface area (Å²) >= 11 is 0. The SMILES string of the molecule is CC(C)OC(=O)[C@H](C)N[P+](=O)COC(Cc1cnn2c(N)ncnc12)C(F)F. The van der Waals surface area contributed by atoms with E-state index in [0.29, 0.717) is 5.56 Å². The van der Waals surface area contributed by atoms with Crippen molar-refractivity contribution in [2.45, 2.75) is 51.9 Å². The second kappa shape index (κ2) is 9.76. The van der Waals surface area contributed by atoms with Gasteiger partial charge in [-0.25, -0.2) is 18.7 Å². The first-order chi connectivity index (χ1) is 13.2. The fraction of sp³-hybridized carbons (Fsp3) is 0.600. The summed E-state index contributed by atoms with van der Waals surface area (Å²) in [5.74, 6) is -0.521. The molecule has 0 aliphatic rings. The van der Waals surface area contributed by atoms with E-state index in [4.69, 9.17) is 15.2 Å². The molecule has 2 aromatic rings. The Morgan fingerprint density at radius 3 is 2.71 bits per heavy atom. The van der Waals surface area contributed by atoms with Gasteiger partial charge in [0.05, 0.1) is 12.3 Å². The van der Waals surface area contributed by atoms with Crippen molar-refractivity contribution in [2.75, 3.05) is 12.1 Å². The van der Waals surface area contributed by atoms with E-state index in [0.717, 1.165) is 0 Å². The predicted octanol–water partition coefficient (Wildman–Crippen LogP) is 1.53. The molecule has 154 valence electrons. The number of alkyl halides is 2. The van der Waals surface area contributed by atoms with Crippen molar-refractivity contribution in [2.24, 2.45) is 0 Å². The first-order valence-corrected chi connectivity index (χ1v) is 9.87. The van der Waals surface area contributed by atoms with Crippen LogP contribution in [0, 0.1) is 0 Å². The highest BCUT2D eigenvalue weighted by Crippen LogP contribution is 2.22. The van der Waals surface area contributed by atoms with Crippen LogP contribution in [0.3, 0.4) is 0 Å². The Bertz CT molecular complexity index is 834. The van der Waals surface area contributed by atoms with Crippen LogP contribution in [0.2, 0.25) is 0 Å². The molecule has 13 heteroatoms. The van der Waals surface area contributed by atoms with E-state index in [1.807, 2.05) is 0 Å². The molecule has 28 heavy (non-hydrogen) atoms. The molecule has 2 heterocycles. The number of hydrogen-bond acceptors (Lipinski definition) is 8. The quantitative estimate of drug-likeness (QED) is 0.434. The van der Waals surface area contributed by atoms with Crippen LogP contribution in [0.4, 0.5) is 14.7 Å². The maximum Gasteiger partial charge on any atom is 0.461 e. The number of nitrogens with two attached hydrogens (primary N) is 1. The molecule has 0 saturated carbocycles. The normalized spacial score (nSPS) is 14.5. The highest BCUT2D eigenvalue weighted by Gasteiger charge is 2.30. The van der Waals surface area contributed by atoms with Crippen molar-refractivity contribution in [1.29, 1.82) is 0 Å². The van der Waals surface area contributed by atoms with Gasteiger partial charge in [0.15, 0.2) is 5.65 Å². The predicted molar refractivity (Wildman–Crippen MR) is 96.1 cm³/mol. The second-order valence-corrected chi connectivity index (χ2v) is 7.50. The van der Waals surface area contributed by atoms with Crippen LogP contribution in [0.15, 0.2) is 12.5 Å². The maximum atomic E-state index is 13.4. The molecule has 0 aliphatic carbocycles. The van der Waals surface area contributed by atoms with Crippen LogP contribution in [0.1, 0.15) is 26.3 Å².